The van der Waals surface area contributed by atoms with Gasteiger partial charge in [-0.15, -0.1) is 0 Å². The van der Waals surface area contributed by atoms with Crippen molar-refractivity contribution < 1.29 is 4.42 Å². The first-order valence-electron chi connectivity index (χ1n) is 7.74. The third-order valence-electron chi connectivity index (χ3n) is 4.34. The highest BCUT2D eigenvalue weighted by molar-refractivity contribution is 5.77. The SMILES string of the molecule is CCCN(C1CCNC1)C(C)c1cc2ccccc2o1. The zero-order valence-electron chi connectivity index (χ0n) is 12.4. The van der Waals surface area contributed by atoms with E-state index < -0.39 is 0 Å². The van der Waals surface area contributed by atoms with Crippen LogP contribution in [-0.2, 0) is 0 Å². The molecule has 3 nitrogen and oxygen atoms in total. The molecule has 0 aliphatic carbocycles. The molecular weight excluding hydrogens is 248 g/mol. The molecule has 3 rings (SSSR count). The van der Waals surface area contributed by atoms with Gasteiger partial charge in [-0.2, -0.15) is 0 Å². The molecule has 2 aromatic rings. The van der Waals surface area contributed by atoms with E-state index in [0.29, 0.717) is 12.1 Å². The van der Waals surface area contributed by atoms with Crippen LogP contribution < -0.4 is 5.32 Å². The van der Waals surface area contributed by atoms with Crippen LogP contribution in [0.3, 0.4) is 0 Å². The lowest BCUT2D eigenvalue weighted by Gasteiger charge is -2.32. The largest absolute Gasteiger partial charge is 0.459 e. The molecular formula is C17H24N2O. The van der Waals surface area contributed by atoms with Gasteiger partial charge in [0.05, 0.1) is 6.04 Å². The zero-order valence-corrected chi connectivity index (χ0v) is 12.4. The summed E-state index contributed by atoms with van der Waals surface area (Å²) < 4.78 is 6.05. The molecule has 1 fully saturated rings. The first-order chi connectivity index (χ1) is 9.79. The van der Waals surface area contributed by atoms with Crippen molar-refractivity contribution in [3.8, 4) is 0 Å². The van der Waals surface area contributed by atoms with Gasteiger partial charge in [0, 0.05) is 18.0 Å². The van der Waals surface area contributed by atoms with Crippen molar-refractivity contribution >= 4 is 11.0 Å². The quantitative estimate of drug-likeness (QED) is 0.902. The number of hydrogen-bond acceptors (Lipinski definition) is 3. The zero-order chi connectivity index (χ0) is 13.9. The predicted octanol–water partition coefficient (Wildman–Crippen LogP) is 3.57. The normalized spacial score (nSPS) is 20.9. The fourth-order valence-electron chi connectivity index (χ4n) is 3.24. The maximum atomic E-state index is 6.05. The highest BCUT2D eigenvalue weighted by Crippen LogP contribution is 2.29. The van der Waals surface area contributed by atoms with Gasteiger partial charge >= 0.3 is 0 Å². The Morgan fingerprint density at radius 1 is 1.40 bits per heavy atom. The highest BCUT2D eigenvalue weighted by atomic mass is 16.3. The van der Waals surface area contributed by atoms with E-state index in [9.17, 15) is 0 Å². The van der Waals surface area contributed by atoms with Crippen molar-refractivity contribution in [1.29, 1.82) is 0 Å². The van der Waals surface area contributed by atoms with Gasteiger partial charge in [0.1, 0.15) is 11.3 Å². The van der Waals surface area contributed by atoms with E-state index in [1.165, 1.54) is 18.2 Å². The topological polar surface area (TPSA) is 28.4 Å². The van der Waals surface area contributed by atoms with Crippen LogP contribution >= 0.6 is 0 Å². The Morgan fingerprint density at radius 3 is 2.95 bits per heavy atom. The number of para-hydroxylation sites is 1. The van der Waals surface area contributed by atoms with E-state index in [4.69, 9.17) is 4.42 Å². The van der Waals surface area contributed by atoms with Crippen LogP contribution in [0, 0.1) is 0 Å². The predicted molar refractivity (Wildman–Crippen MR) is 82.9 cm³/mol. The summed E-state index contributed by atoms with van der Waals surface area (Å²) in [5.41, 5.74) is 0.996. The van der Waals surface area contributed by atoms with E-state index in [2.05, 4.69) is 42.3 Å². The lowest BCUT2D eigenvalue weighted by molar-refractivity contribution is 0.138. The molecule has 1 aromatic heterocycles. The van der Waals surface area contributed by atoms with Gasteiger partial charge in [0.2, 0.25) is 0 Å². The number of hydrogen-bond donors (Lipinski definition) is 1. The van der Waals surface area contributed by atoms with Crippen molar-refractivity contribution in [2.45, 2.75) is 38.8 Å². The maximum Gasteiger partial charge on any atom is 0.134 e. The molecule has 1 aliphatic rings. The van der Waals surface area contributed by atoms with Crippen molar-refractivity contribution in [1.82, 2.24) is 10.2 Å². The van der Waals surface area contributed by atoms with E-state index >= 15 is 0 Å². The number of nitrogens with zero attached hydrogens (tertiary/aromatic N) is 1. The summed E-state index contributed by atoms with van der Waals surface area (Å²) in [6.45, 7) is 7.89. The molecule has 1 N–H and O–H groups in total. The van der Waals surface area contributed by atoms with Crippen LogP contribution in [-0.4, -0.2) is 30.6 Å². The molecule has 1 aliphatic heterocycles. The molecule has 1 saturated heterocycles. The van der Waals surface area contributed by atoms with E-state index in [1.54, 1.807) is 0 Å². The molecule has 1 aromatic carbocycles. The van der Waals surface area contributed by atoms with Crippen LogP contribution in [0.2, 0.25) is 0 Å². The minimum Gasteiger partial charge on any atom is -0.459 e. The maximum absolute atomic E-state index is 6.05. The minimum atomic E-state index is 0.340. The summed E-state index contributed by atoms with van der Waals surface area (Å²) in [6.07, 6.45) is 2.42. The third-order valence-corrected chi connectivity index (χ3v) is 4.34. The van der Waals surface area contributed by atoms with Crippen LogP contribution in [0.4, 0.5) is 0 Å². The van der Waals surface area contributed by atoms with Crippen LogP contribution in [0.15, 0.2) is 34.7 Å². The molecule has 2 atom stereocenters. The molecule has 0 bridgehead atoms. The number of furan rings is 1. The monoisotopic (exact) mass is 272 g/mol. The minimum absolute atomic E-state index is 0.340. The smallest absolute Gasteiger partial charge is 0.134 e. The second kappa shape index (κ2) is 5.98. The first-order valence-corrected chi connectivity index (χ1v) is 7.74. The Balaban J connectivity index is 1.85. The van der Waals surface area contributed by atoms with Gasteiger partial charge in [-0.05, 0) is 45.0 Å². The summed E-state index contributed by atoms with van der Waals surface area (Å²) in [5.74, 6) is 1.09. The molecule has 0 amide bonds. The van der Waals surface area contributed by atoms with Crippen molar-refractivity contribution in [3.63, 3.8) is 0 Å². The molecule has 0 spiro atoms. The number of fused-ring (bicyclic) bond motifs is 1. The fourth-order valence-corrected chi connectivity index (χ4v) is 3.24. The van der Waals surface area contributed by atoms with Crippen LogP contribution in [0.1, 0.15) is 38.5 Å². The van der Waals surface area contributed by atoms with Gasteiger partial charge in [0.15, 0.2) is 0 Å². The van der Waals surface area contributed by atoms with E-state index in [0.717, 1.165) is 31.0 Å². The fraction of sp³-hybridized carbons (Fsp3) is 0.529. The molecule has 0 saturated carbocycles. The first kappa shape index (κ1) is 13.7. The van der Waals surface area contributed by atoms with Gasteiger partial charge in [-0.25, -0.2) is 0 Å². The number of rotatable bonds is 5. The van der Waals surface area contributed by atoms with Crippen LogP contribution in [0.5, 0.6) is 0 Å². The molecule has 20 heavy (non-hydrogen) atoms. The second-order valence-corrected chi connectivity index (χ2v) is 5.75. The third kappa shape index (κ3) is 2.60. The Morgan fingerprint density at radius 2 is 2.25 bits per heavy atom. The average molecular weight is 272 g/mol. The Hall–Kier alpha value is -1.32. The molecule has 108 valence electrons. The lowest BCUT2D eigenvalue weighted by Crippen LogP contribution is -2.39. The molecule has 2 unspecified atom stereocenters. The van der Waals surface area contributed by atoms with Crippen molar-refractivity contribution in [2.75, 3.05) is 19.6 Å². The molecule has 3 heteroatoms. The highest BCUT2D eigenvalue weighted by Gasteiger charge is 2.28. The summed E-state index contributed by atoms with van der Waals surface area (Å²) in [6, 6.07) is 11.4. The molecule has 2 heterocycles. The van der Waals surface area contributed by atoms with Crippen molar-refractivity contribution in [3.05, 3.63) is 36.1 Å². The standard InChI is InChI=1S/C17H24N2O/c1-3-10-19(15-8-9-18-12-15)13(2)17-11-14-6-4-5-7-16(14)20-17/h4-7,11,13,15,18H,3,8-10,12H2,1-2H3. The summed E-state index contributed by atoms with van der Waals surface area (Å²) in [7, 11) is 0. The summed E-state index contributed by atoms with van der Waals surface area (Å²) >= 11 is 0. The summed E-state index contributed by atoms with van der Waals surface area (Å²) in [4.78, 5) is 2.59. The van der Waals surface area contributed by atoms with Gasteiger partial charge in [0.25, 0.3) is 0 Å². The number of nitrogens with one attached hydrogen (secondary N) is 1. The second-order valence-electron chi connectivity index (χ2n) is 5.75. The van der Waals surface area contributed by atoms with E-state index in [1.807, 2.05) is 12.1 Å². The van der Waals surface area contributed by atoms with E-state index in [-0.39, 0.29) is 0 Å². The Kier molecular flexibility index (Phi) is 4.08. The summed E-state index contributed by atoms with van der Waals surface area (Å²) in [5, 5.41) is 4.68. The van der Waals surface area contributed by atoms with Crippen LogP contribution in [0.25, 0.3) is 11.0 Å². The Labute approximate surface area is 120 Å². The lowest BCUT2D eigenvalue weighted by atomic mass is 10.1. The molecule has 0 radical (unpaired) electrons. The Bertz CT molecular complexity index is 524. The van der Waals surface area contributed by atoms with Crippen molar-refractivity contribution in [2.24, 2.45) is 0 Å². The van der Waals surface area contributed by atoms with Gasteiger partial charge in [-0.3, -0.25) is 4.90 Å². The van der Waals surface area contributed by atoms with Gasteiger partial charge in [-0.1, -0.05) is 25.1 Å². The van der Waals surface area contributed by atoms with Gasteiger partial charge < -0.3 is 9.73 Å². The average Bonchev–Trinajstić information content (AvgIpc) is 3.12. The number of benzene rings is 1.